The first-order chi connectivity index (χ1) is 9.65. The van der Waals surface area contributed by atoms with Crippen LogP contribution in [0.3, 0.4) is 0 Å². The minimum atomic E-state index is -0.173. The molecular weight excluding hydrogens is 250 g/mol. The largest absolute Gasteiger partial charge is 0.462 e. The first kappa shape index (κ1) is 13.6. The van der Waals surface area contributed by atoms with Gasteiger partial charge in [0.05, 0.1) is 5.92 Å². The topological polar surface area (TPSA) is 29.5 Å². The smallest absolute Gasteiger partial charge is 0.313 e. The zero-order valence-corrected chi connectivity index (χ0v) is 12.3. The molecule has 0 saturated carbocycles. The van der Waals surface area contributed by atoms with Crippen molar-refractivity contribution in [3.05, 3.63) is 35.9 Å². The quantitative estimate of drug-likeness (QED) is 0.793. The molecule has 108 valence electrons. The van der Waals surface area contributed by atoms with Crippen molar-refractivity contribution in [1.82, 2.24) is 4.90 Å². The number of hydrogen-bond donors (Lipinski definition) is 0. The fourth-order valence-corrected chi connectivity index (χ4v) is 3.60. The first-order valence-corrected chi connectivity index (χ1v) is 7.62. The molecule has 3 nitrogen and oxygen atoms in total. The van der Waals surface area contributed by atoms with Gasteiger partial charge in [-0.05, 0) is 45.2 Å². The van der Waals surface area contributed by atoms with Crippen LogP contribution in [0.5, 0.6) is 0 Å². The van der Waals surface area contributed by atoms with Crippen molar-refractivity contribution in [1.29, 1.82) is 0 Å². The third-order valence-corrected chi connectivity index (χ3v) is 4.99. The number of nitrogens with zero attached hydrogens (tertiary/aromatic N) is 1. The van der Waals surface area contributed by atoms with Crippen LogP contribution in [0.4, 0.5) is 0 Å². The van der Waals surface area contributed by atoms with Crippen LogP contribution in [0.25, 0.3) is 0 Å². The van der Waals surface area contributed by atoms with Gasteiger partial charge in [0.15, 0.2) is 0 Å². The average molecular weight is 273 g/mol. The van der Waals surface area contributed by atoms with Gasteiger partial charge in [-0.2, -0.15) is 0 Å². The minimum absolute atomic E-state index is 0.0786. The number of carbonyl (C=O) groups excluding carboxylic acids is 1. The van der Waals surface area contributed by atoms with Crippen molar-refractivity contribution in [2.45, 2.75) is 56.7 Å². The summed E-state index contributed by atoms with van der Waals surface area (Å²) in [7, 11) is 2.20. The summed E-state index contributed by atoms with van der Waals surface area (Å²) in [4.78, 5) is 14.8. The predicted molar refractivity (Wildman–Crippen MR) is 78.5 cm³/mol. The number of piperidine rings is 1. The molecule has 2 saturated heterocycles. The maximum Gasteiger partial charge on any atom is 0.313 e. The van der Waals surface area contributed by atoms with E-state index < -0.39 is 0 Å². The van der Waals surface area contributed by atoms with Gasteiger partial charge in [0.25, 0.3) is 0 Å². The van der Waals surface area contributed by atoms with Crippen LogP contribution in [0.2, 0.25) is 0 Å². The van der Waals surface area contributed by atoms with Crippen LogP contribution in [0.15, 0.2) is 30.3 Å². The van der Waals surface area contributed by atoms with Crippen molar-refractivity contribution in [3.63, 3.8) is 0 Å². The second-order valence-electron chi connectivity index (χ2n) is 6.21. The van der Waals surface area contributed by atoms with Crippen LogP contribution in [0.1, 0.15) is 44.1 Å². The van der Waals surface area contributed by atoms with Crippen molar-refractivity contribution in [3.8, 4) is 0 Å². The highest BCUT2D eigenvalue weighted by atomic mass is 16.5. The molecule has 0 radical (unpaired) electrons. The monoisotopic (exact) mass is 273 g/mol. The lowest BCUT2D eigenvalue weighted by atomic mass is 9.99. The first-order valence-electron chi connectivity index (χ1n) is 7.62. The highest BCUT2D eigenvalue weighted by Crippen LogP contribution is 2.36. The Bertz CT molecular complexity index is 459. The SMILES string of the molecule is CC(C(=O)OC1C[C@H]2CC[C@@H](C1)N2C)c1ccccc1. The third-order valence-electron chi connectivity index (χ3n) is 4.99. The Hall–Kier alpha value is -1.35. The van der Waals surface area contributed by atoms with Gasteiger partial charge in [0, 0.05) is 12.1 Å². The molecule has 0 amide bonds. The summed E-state index contributed by atoms with van der Waals surface area (Å²) < 4.78 is 5.77. The van der Waals surface area contributed by atoms with E-state index in [0.717, 1.165) is 18.4 Å². The molecule has 3 rings (SSSR count). The second kappa shape index (κ2) is 5.57. The Morgan fingerprint density at radius 3 is 2.40 bits per heavy atom. The van der Waals surface area contributed by atoms with Crippen LogP contribution >= 0.6 is 0 Å². The summed E-state index contributed by atoms with van der Waals surface area (Å²) in [5.74, 6) is -0.251. The second-order valence-corrected chi connectivity index (χ2v) is 6.21. The highest BCUT2D eigenvalue weighted by molar-refractivity contribution is 5.77. The Kier molecular flexibility index (Phi) is 3.79. The predicted octanol–water partition coefficient (Wildman–Crippen LogP) is 2.96. The molecule has 2 aliphatic rings. The zero-order valence-electron chi connectivity index (χ0n) is 12.3. The molecule has 0 aliphatic carbocycles. The number of fused-ring (bicyclic) bond motifs is 2. The van der Waals surface area contributed by atoms with Gasteiger partial charge in [-0.3, -0.25) is 4.79 Å². The molecule has 3 heteroatoms. The zero-order chi connectivity index (χ0) is 14.1. The molecular formula is C17H23NO2. The maximum absolute atomic E-state index is 12.3. The molecule has 1 aromatic rings. The molecule has 0 aromatic heterocycles. The summed E-state index contributed by atoms with van der Waals surface area (Å²) in [5, 5.41) is 0. The lowest BCUT2D eigenvalue weighted by Crippen LogP contribution is -2.43. The number of esters is 1. The van der Waals surface area contributed by atoms with Gasteiger partial charge in [-0.1, -0.05) is 30.3 Å². The molecule has 1 aromatic carbocycles. The van der Waals surface area contributed by atoms with E-state index in [4.69, 9.17) is 4.74 Å². The van der Waals surface area contributed by atoms with Gasteiger partial charge < -0.3 is 9.64 Å². The van der Waals surface area contributed by atoms with E-state index in [9.17, 15) is 4.79 Å². The lowest BCUT2D eigenvalue weighted by molar-refractivity contribution is -0.153. The van der Waals surface area contributed by atoms with Crippen molar-refractivity contribution < 1.29 is 9.53 Å². The van der Waals surface area contributed by atoms with E-state index in [1.807, 2.05) is 37.3 Å². The van der Waals surface area contributed by atoms with E-state index >= 15 is 0 Å². The van der Waals surface area contributed by atoms with E-state index in [1.165, 1.54) is 12.8 Å². The molecule has 0 spiro atoms. The fourth-order valence-electron chi connectivity index (χ4n) is 3.60. The highest BCUT2D eigenvalue weighted by Gasteiger charge is 2.40. The van der Waals surface area contributed by atoms with E-state index in [0.29, 0.717) is 12.1 Å². The van der Waals surface area contributed by atoms with Crippen LogP contribution in [-0.2, 0) is 9.53 Å². The van der Waals surface area contributed by atoms with Crippen LogP contribution in [-0.4, -0.2) is 36.1 Å². The Balaban J connectivity index is 1.60. The van der Waals surface area contributed by atoms with Crippen LogP contribution in [0, 0.1) is 0 Å². The third kappa shape index (κ3) is 2.59. The van der Waals surface area contributed by atoms with Gasteiger partial charge in [-0.15, -0.1) is 0 Å². The van der Waals surface area contributed by atoms with Gasteiger partial charge >= 0.3 is 5.97 Å². The Morgan fingerprint density at radius 1 is 1.20 bits per heavy atom. The number of ether oxygens (including phenoxy) is 1. The molecule has 2 heterocycles. The number of rotatable bonds is 3. The van der Waals surface area contributed by atoms with Crippen molar-refractivity contribution in [2.75, 3.05) is 7.05 Å². The standard InChI is InChI=1S/C17H23NO2/c1-12(13-6-4-3-5-7-13)17(19)20-16-10-14-8-9-15(11-16)18(14)2/h3-7,12,14-16H,8-11H2,1-2H3/t12?,14-,15+,16?. The summed E-state index contributed by atoms with van der Waals surface area (Å²) in [5.41, 5.74) is 1.04. The molecule has 2 aliphatic heterocycles. The number of carbonyl (C=O) groups is 1. The summed E-state index contributed by atoms with van der Waals surface area (Å²) in [6.45, 7) is 1.93. The molecule has 2 unspecified atom stereocenters. The molecule has 2 fully saturated rings. The molecule has 0 N–H and O–H groups in total. The molecule has 4 atom stereocenters. The van der Waals surface area contributed by atoms with E-state index in [1.54, 1.807) is 0 Å². The van der Waals surface area contributed by atoms with Crippen LogP contribution < -0.4 is 0 Å². The average Bonchev–Trinajstić information content (AvgIpc) is 2.69. The number of hydrogen-bond acceptors (Lipinski definition) is 3. The summed E-state index contributed by atoms with van der Waals surface area (Å²) in [6, 6.07) is 11.1. The normalized spacial score (nSPS) is 31.0. The molecule has 2 bridgehead atoms. The molecule has 20 heavy (non-hydrogen) atoms. The summed E-state index contributed by atoms with van der Waals surface area (Å²) in [6.07, 6.45) is 4.62. The fraction of sp³-hybridized carbons (Fsp3) is 0.588. The Labute approximate surface area is 120 Å². The minimum Gasteiger partial charge on any atom is -0.462 e. The van der Waals surface area contributed by atoms with Crippen molar-refractivity contribution >= 4 is 5.97 Å². The lowest BCUT2D eigenvalue weighted by Gasteiger charge is -2.36. The summed E-state index contributed by atoms with van der Waals surface area (Å²) >= 11 is 0. The van der Waals surface area contributed by atoms with E-state index in [-0.39, 0.29) is 18.0 Å². The van der Waals surface area contributed by atoms with E-state index in [2.05, 4.69) is 11.9 Å². The number of benzene rings is 1. The maximum atomic E-state index is 12.3. The Morgan fingerprint density at radius 2 is 1.80 bits per heavy atom. The van der Waals surface area contributed by atoms with Gasteiger partial charge in [0.2, 0.25) is 0 Å². The van der Waals surface area contributed by atoms with Gasteiger partial charge in [-0.25, -0.2) is 0 Å². The van der Waals surface area contributed by atoms with Crippen molar-refractivity contribution in [2.24, 2.45) is 0 Å². The van der Waals surface area contributed by atoms with Gasteiger partial charge in [0.1, 0.15) is 6.10 Å².